The van der Waals surface area contributed by atoms with Gasteiger partial charge in [0.25, 0.3) is 0 Å². The number of carbonyl (C=O) groups is 4. The van der Waals surface area contributed by atoms with Gasteiger partial charge in [0.1, 0.15) is 0 Å². The average Bonchev–Trinajstić information content (AvgIpc) is 2.96. The Balaban J connectivity index is 0.000000267. The second-order valence-corrected chi connectivity index (χ2v) is 8.76. The van der Waals surface area contributed by atoms with Gasteiger partial charge in [0.05, 0.1) is 11.8 Å². The summed E-state index contributed by atoms with van der Waals surface area (Å²) in [5.74, 6) is -3.24. The van der Waals surface area contributed by atoms with Crippen LogP contribution in [0.1, 0.15) is 68.7 Å². The fourth-order valence-corrected chi connectivity index (χ4v) is 3.70. The fourth-order valence-electron chi connectivity index (χ4n) is 3.70. The molecule has 7 heteroatoms. The molecule has 0 fully saturated rings. The Morgan fingerprint density at radius 1 is 0.487 bits per heavy atom. The summed E-state index contributed by atoms with van der Waals surface area (Å²) in [6.07, 6.45) is 0. The van der Waals surface area contributed by atoms with Crippen molar-refractivity contribution in [3.63, 3.8) is 0 Å². The first-order valence-corrected chi connectivity index (χ1v) is 12.0. The zero-order valence-electron chi connectivity index (χ0n) is 22.1. The summed E-state index contributed by atoms with van der Waals surface area (Å²) in [5.41, 5.74) is 3.49. The Bertz CT molecular complexity index is 1320. The monoisotopic (exact) mass is 531 g/mol. The molecule has 4 aromatic rings. The Hall–Kier alpha value is -3.84. The number of rotatable bonds is 8. The van der Waals surface area contributed by atoms with Crippen LogP contribution in [-0.2, 0) is 9.59 Å². The first-order chi connectivity index (χ1) is 18.2. The molecule has 4 rings (SSSR count). The molecule has 2 N–H and O–H groups in total. The number of carboxylic acids is 2. The number of ketones is 2. The van der Waals surface area contributed by atoms with Crippen molar-refractivity contribution in [3.05, 3.63) is 143 Å². The second kappa shape index (κ2) is 14.9. The van der Waals surface area contributed by atoms with Crippen molar-refractivity contribution >= 4 is 53.1 Å². The van der Waals surface area contributed by atoms with Crippen LogP contribution >= 0.6 is 0 Å². The van der Waals surface area contributed by atoms with Crippen molar-refractivity contribution in [1.29, 1.82) is 0 Å². The van der Waals surface area contributed by atoms with Gasteiger partial charge in [0.2, 0.25) is 0 Å². The normalized spacial score (nSPS) is 11.5. The van der Waals surface area contributed by atoms with Gasteiger partial charge < -0.3 is 10.2 Å². The molecule has 0 aliphatic rings. The first-order valence-electron chi connectivity index (χ1n) is 12.0. The van der Waals surface area contributed by atoms with E-state index in [0.29, 0.717) is 33.4 Å². The number of carboxylic acid groups (broad SMARTS) is 2. The molecule has 2 atom stereocenters. The molecule has 6 nitrogen and oxygen atoms in total. The minimum Gasteiger partial charge on any atom is -0.481 e. The van der Waals surface area contributed by atoms with E-state index in [-0.39, 0.29) is 41.1 Å². The van der Waals surface area contributed by atoms with Gasteiger partial charge in [-0.15, -0.1) is 0 Å². The van der Waals surface area contributed by atoms with E-state index in [9.17, 15) is 19.2 Å². The summed E-state index contributed by atoms with van der Waals surface area (Å²) in [5, 5.41) is 18.0. The molecule has 193 valence electrons. The van der Waals surface area contributed by atoms with Crippen LogP contribution in [0.25, 0.3) is 0 Å². The van der Waals surface area contributed by atoms with Gasteiger partial charge in [-0.3, -0.25) is 19.2 Å². The zero-order valence-corrected chi connectivity index (χ0v) is 24.1. The summed E-state index contributed by atoms with van der Waals surface area (Å²) in [7, 11) is 0. The van der Waals surface area contributed by atoms with Crippen LogP contribution in [0.5, 0.6) is 0 Å². The third-order valence-corrected chi connectivity index (χ3v) is 6.11. The number of carbonyl (C=O) groups excluding carboxylic acids is 2. The molecule has 0 heterocycles. The number of hydrogen-bond donors (Lipinski definition) is 2. The topological polar surface area (TPSA) is 109 Å². The molecule has 0 saturated carbocycles. The molecule has 2 unspecified atom stereocenters. The first kappa shape index (κ1) is 31.4. The summed E-state index contributed by atoms with van der Waals surface area (Å²) >= 11 is 0. The maximum atomic E-state index is 12.2. The smallest absolute Gasteiger partial charge is 0.310 e. The molecule has 0 aliphatic heterocycles. The van der Waals surface area contributed by atoms with E-state index in [1.54, 1.807) is 111 Å². The summed E-state index contributed by atoms with van der Waals surface area (Å²) < 4.78 is 0. The van der Waals surface area contributed by atoms with Crippen molar-refractivity contribution in [3.8, 4) is 0 Å². The van der Waals surface area contributed by atoms with E-state index in [4.69, 9.17) is 10.2 Å². The van der Waals surface area contributed by atoms with Crippen molar-refractivity contribution in [2.75, 3.05) is 0 Å². The van der Waals surface area contributed by atoms with Gasteiger partial charge >= 0.3 is 11.9 Å². The molecule has 4 aromatic carbocycles. The fraction of sp³-hybridized carbons (Fsp3) is 0.125. The Morgan fingerprint density at radius 3 is 1.10 bits per heavy atom. The predicted octanol–water partition coefficient (Wildman–Crippen LogP) is 5.83. The molecular weight excluding hydrogens is 503 g/mol. The minimum atomic E-state index is -0.899. The third kappa shape index (κ3) is 8.58. The average molecular weight is 532 g/mol. The van der Waals surface area contributed by atoms with Crippen LogP contribution in [0.15, 0.2) is 109 Å². The Morgan fingerprint density at radius 2 is 0.795 bits per heavy atom. The largest absolute Gasteiger partial charge is 0.481 e. The van der Waals surface area contributed by atoms with E-state index < -0.39 is 23.8 Å². The van der Waals surface area contributed by atoms with Gasteiger partial charge in [-0.2, -0.15) is 0 Å². The molecule has 0 amide bonds. The SMILES string of the molecule is CC(C(=O)O)c1cccc(C(=O)c2ccccc2)c1.CC(C(=O)O)c1cccc(C(=O)c2ccccc2)c1.[Na]. The van der Waals surface area contributed by atoms with Gasteiger partial charge in [0, 0.05) is 51.8 Å². The van der Waals surface area contributed by atoms with Crippen LogP contribution < -0.4 is 0 Å². The van der Waals surface area contributed by atoms with Gasteiger partial charge in [-0.05, 0) is 37.1 Å². The molecule has 0 bridgehead atoms. The van der Waals surface area contributed by atoms with Gasteiger partial charge in [-0.25, -0.2) is 0 Å². The predicted molar refractivity (Wildman–Crippen MR) is 150 cm³/mol. The Kier molecular flexibility index (Phi) is 12.0. The van der Waals surface area contributed by atoms with Gasteiger partial charge in [-0.1, -0.05) is 97.1 Å². The number of benzene rings is 4. The van der Waals surface area contributed by atoms with E-state index in [0.717, 1.165) is 0 Å². The van der Waals surface area contributed by atoms with Crippen molar-refractivity contribution in [2.24, 2.45) is 0 Å². The van der Waals surface area contributed by atoms with Crippen molar-refractivity contribution < 1.29 is 29.4 Å². The molecule has 0 aliphatic carbocycles. The summed E-state index contributed by atoms with van der Waals surface area (Å²) in [4.78, 5) is 46.4. The number of aliphatic carboxylic acids is 2. The minimum absolute atomic E-state index is 0. The second-order valence-electron chi connectivity index (χ2n) is 8.76. The standard InChI is InChI=1S/2C16H14O3.Na/c2*1-11(16(18)19)13-8-5-9-14(10-13)15(17)12-6-3-2-4-7-12;/h2*2-11H,1H3,(H,18,19);. The van der Waals surface area contributed by atoms with Crippen LogP contribution in [0.3, 0.4) is 0 Å². The quantitative estimate of drug-likeness (QED) is 0.219. The third-order valence-electron chi connectivity index (χ3n) is 6.11. The van der Waals surface area contributed by atoms with E-state index in [1.807, 2.05) is 12.1 Å². The molecule has 0 spiro atoms. The molecule has 0 saturated heterocycles. The van der Waals surface area contributed by atoms with Crippen LogP contribution in [0.2, 0.25) is 0 Å². The summed E-state index contributed by atoms with van der Waals surface area (Å²) in [6.45, 7) is 3.21. The summed E-state index contributed by atoms with van der Waals surface area (Å²) in [6, 6.07) is 31.5. The molecule has 1 radical (unpaired) electrons. The van der Waals surface area contributed by atoms with Crippen LogP contribution in [0.4, 0.5) is 0 Å². The Labute approximate surface area is 249 Å². The molecule has 39 heavy (non-hydrogen) atoms. The van der Waals surface area contributed by atoms with Crippen molar-refractivity contribution in [1.82, 2.24) is 0 Å². The van der Waals surface area contributed by atoms with Crippen molar-refractivity contribution in [2.45, 2.75) is 25.7 Å². The van der Waals surface area contributed by atoms with Crippen LogP contribution in [0, 0.1) is 0 Å². The number of hydrogen-bond acceptors (Lipinski definition) is 4. The maximum absolute atomic E-state index is 12.2. The van der Waals surface area contributed by atoms with Gasteiger partial charge in [0.15, 0.2) is 11.6 Å². The molecular formula is C32H28NaO6. The van der Waals surface area contributed by atoms with E-state index >= 15 is 0 Å². The maximum Gasteiger partial charge on any atom is 0.310 e. The molecule has 0 aromatic heterocycles. The van der Waals surface area contributed by atoms with Crippen LogP contribution in [-0.4, -0.2) is 63.3 Å². The zero-order chi connectivity index (χ0) is 27.7. The van der Waals surface area contributed by atoms with E-state index in [2.05, 4.69) is 0 Å². The van der Waals surface area contributed by atoms with E-state index in [1.165, 1.54) is 0 Å².